The van der Waals surface area contributed by atoms with E-state index in [-0.39, 0.29) is 0 Å². The molecule has 1 aliphatic heterocycles. The van der Waals surface area contributed by atoms with Crippen LogP contribution in [0.3, 0.4) is 0 Å². The second-order valence-electron chi connectivity index (χ2n) is 4.28. The molecule has 0 aromatic rings. The van der Waals surface area contributed by atoms with Crippen molar-refractivity contribution >= 4 is 18.9 Å². The number of hydrogen-bond donors (Lipinski definition) is 4. The predicted molar refractivity (Wildman–Crippen MR) is 64.3 cm³/mol. The highest BCUT2D eigenvalue weighted by Gasteiger charge is 2.40. The van der Waals surface area contributed by atoms with Crippen LogP contribution in [-0.2, 0) is 9.59 Å². The molecule has 18 heavy (non-hydrogen) atoms. The Hall–Kier alpha value is -1.54. The normalized spacial score (nSPS) is 20.4. The van der Waals surface area contributed by atoms with Gasteiger partial charge in [-0.25, -0.2) is 0 Å². The Morgan fingerprint density at radius 2 is 2.11 bits per heavy atom. The van der Waals surface area contributed by atoms with Gasteiger partial charge in [-0.05, 0) is 12.8 Å². The smallest absolute Gasteiger partial charge is 0.475 e. The monoisotopic (exact) mass is 256 g/mol. The van der Waals surface area contributed by atoms with Gasteiger partial charge in [-0.1, -0.05) is 6.58 Å². The molecule has 0 aromatic carbocycles. The lowest BCUT2D eigenvalue weighted by Gasteiger charge is -2.28. The molecule has 0 aliphatic carbocycles. The fourth-order valence-corrected chi connectivity index (χ4v) is 2.03. The van der Waals surface area contributed by atoms with Crippen molar-refractivity contribution in [1.82, 2.24) is 10.2 Å². The Morgan fingerprint density at radius 1 is 1.50 bits per heavy atom. The molecule has 0 saturated carbocycles. The second-order valence-corrected chi connectivity index (χ2v) is 4.28. The van der Waals surface area contributed by atoms with E-state index in [0.29, 0.717) is 19.4 Å². The van der Waals surface area contributed by atoms with Crippen molar-refractivity contribution < 1.29 is 24.7 Å². The van der Waals surface area contributed by atoms with E-state index >= 15 is 0 Å². The minimum atomic E-state index is -1.64. The van der Waals surface area contributed by atoms with E-state index < -0.39 is 36.7 Å². The Morgan fingerprint density at radius 3 is 2.56 bits per heavy atom. The zero-order valence-electron chi connectivity index (χ0n) is 10.2. The average Bonchev–Trinajstić information content (AvgIpc) is 2.73. The summed E-state index contributed by atoms with van der Waals surface area (Å²) in [4.78, 5) is 24.3. The van der Waals surface area contributed by atoms with Crippen LogP contribution in [0.15, 0.2) is 12.3 Å². The molecule has 7 nitrogen and oxygen atoms in total. The maximum absolute atomic E-state index is 12.1. The van der Waals surface area contributed by atoms with E-state index in [4.69, 9.17) is 10.0 Å². The van der Waals surface area contributed by atoms with Gasteiger partial charge in [-0.3, -0.25) is 9.59 Å². The van der Waals surface area contributed by atoms with Crippen molar-refractivity contribution in [1.29, 1.82) is 0 Å². The molecule has 1 saturated heterocycles. The highest BCUT2D eigenvalue weighted by atomic mass is 16.4. The van der Waals surface area contributed by atoms with Gasteiger partial charge in [0.25, 0.3) is 5.91 Å². The van der Waals surface area contributed by atoms with Gasteiger partial charge in [0.15, 0.2) is 6.04 Å². The zero-order valence-corrected chi connectivity index (χ0v) is 10.2. The Balaban J connectivity index is 2.82. The number of aliphatic hydroxyl groups excluding tert-OH is 1. The number of carbonyl (C=O) groups is 2. The van der Waals surface area contributed by atoms with Gasteiger partial charge >= 0.3 is 7.12 Å². The molecule has 0 aromatic heterocycles. The summed E-state index contributed by atoms with van der Waals surface area (Å²) in [6, 6.07) is -1.25. The van der Waals surface area contributed by atoms with Gasteiger partial charge in [-0.15, -0.1) is 0 Å². The van der Waals surface area contributed by atoms with Crippen LogP contribution in [0.4, 0.5) is 0 Å². The predicted octanol–water partition coefficient (Wildman–Crippen LogP) is -1.43. The van der Waals surface area contributed by atoms with Gasteiger partial charge < -0.3 is 25.4 Å². The summed E-state index contributed by atoms with van der Waals surface area (Å²) in [5.74, 6) is -2.27. The first-order valence-corrected chi connectivity index (χ1v) is 5.66. The minimum absolute atomic E-state index is 0.352. The molecule has 1 fully saturated rings. The molecule has 1 aliphatic rings. The number of rotatable bonds is 4. The van der Waals surface area contributed by atoms with Crippen molar-refractivity contribution in [2.24, 2.45) is 0 Å². The molecule has 8 heteroatoms. The molecule has 100 valence electrons. The summed E-state index contributed by atoms with van der Waals surface area (Å²) in [7, 11) is -1.64. The lowest BCUT2D eigenvalue weighted by atomic mass is 9.77. The molecular formula is C10H17BN2O5. The van der Waals surface area contributed by atoms with Crippen molar-refractivity contribution in [3.05, 3.63) is 12.3 Å². The van der Waals surface area contributed by atoms with Crippen LogP contribution in [0, 0.1) is 0 Å². The van der Waals surface area contributed by atoms with Crippen molar-refractivity contribution in [2.45, 2.75) is 31.7 Å². The molecule has 2 amide bonds. The first kappa shape index (κ1) is 14.5. The second kappa shape index (κ2) is 5.88. The summed E-state index contributed by atoms with van der Waals surface area (Å²) in [6.45, 7) is 4.80. The average molecular weight is 256 g/mol. The third-order valence-electron chi connectivity index (χ3n) is 2.85. The van der Waals surface area contributed by atoms with E-state index in [2.05, 4.69) is 11.9 Å². The number of likely N-dealkylation sites (tertiary alicyclic amines) is 1. The maximum atomic E-state index is 12.1. The van der Waals surface area contributed by atoms with Crippen LogP contribution in [0.2, 0.25) is 0 Å². The van der Waals surface area contributed by atoms with Crippen molar-refractivity contribution in [2.75, 3.05) is 6.54 Å². The third-order valence-corrected chi connectivity index (χ3v) is 2.85. The number of nitrogens with one attached hydrogen (secondary N) is 1. The van der Waals surface area contributed by atoms with Gasteiger partial charge in [0.1, 0.15) is 5.76 Å². The van der Waals surface area contributed by atoms with Gasteiger partial charge in [0.05, 0.1) is 5.94 Å². The molecule has 2 atom stereocenters. The fourth-order valence-electron chi connectivity index (χ4n) is 2.03. The highest BCUT2D eigenvalue weighted by molar-refractivity contribution is 6.43. The maximum Gasteiger partial charge on any atom is 0.475 e. The van der Waals surface area contributed by atoms with Crippen LogP contribution in [0.25, 0.3) is 0 Å². The van der Waals surface area contributed by atoms with Gasteiger partial charge in [0, 0.05) is 13.5 Å². The lowest BCUT2D eigenvalue weighted by molar-refractivity contribution is -0.135. The summed E-state index contributed by atoms with van der Waals surface area (Å²) < 4.78 is 0. The number of nitrogens with zero attached hydrogens (tertiary/aromatic N) is 1. The largest absolute Gasteiger partial charge is 0.510 e. The van der Waals surface area contributed by atoms with E-state index in [9.17, 15) is 14.7 Å². The van der Waals surface area contributed by atoms with E-state index in [1.54, 1.807) is 0 Å². The minimum Gasteiger partial charge on any atom is -0.510 e. The zero-order chi connectivity index (χ0) is 13.9. The fraction of sp³-hybridized carbons (Fsp3) is 0.600. The molecule has 0 spiro atoms. The number of carbonyl (C=O) groups excluding carboxylic acids is 2. The summed E-state index contributed by atoms with van der Waals surface area (Å²) in [5.41, 5.74) is 0. The third kappa shape index (κ3) is 3.24. The van der Waals surface area contributed by atoms with Crippen LogP contribution in [0.5, 0.6) is 0 Å². The first-order chi connectivity index (χ1) is 8.34. The molecule has 0 bridgehead atoms. The number of amides is 2. The van der Waals surface area contributed by atoms with Crippen LogP contribution >= 0.6 is 0 Å². The van der Waals surface area contributed by atoms with Crippen molar-refractivity contribution in [3.8, 4) is 0 Å². The van der Waals surface area contributed by atoms with Crippen molar-refractivity contribution in [3.63, 3.8) is 0 Å². The summed E-state index contributed by atoms with van der Waals surface area (Å²) in [6.07, 6.45) is 1.10. The Labute approximate surface area is 105 Å². The highest BCUT2D eigenvalue weighted by Crippen LogP contribution is 2.20. The van der Waals surface area contributed by atoms with E-state index in [1.165, 1.54) is 11.8 Å². The molecule has 0 unspecified atom stereocenters. The first-order valence-electron chi connectivity index (χ1n) is 5.66. The lowest BCUT2D eigenvalue weighted by Crippen LogP contribution is -2.54. The van der Waals surface area contributed by atoms with E-state index in [1.807, 2.05) is 0 Å². The van der Waals surface area contributed by atoms with Gasteiger partial charge in [0.2, 0.25) is 5.91 Å². The SMILES string of the molecule is C=C(O)[C@@H](NC(C)=O)C(=O)N1CCC[C@H]1B(O)O. The van der Waals surface area contributed by atoms with Crippen LogP contribution < -0.4 is 5.32 Å². The summed E-state index contributed by atoms with van der Waals surface area (Å²) in [5, 5.41) is 29.9. The topological polar surface area (TPSA) is 110 Å². The standard InChI is InChI=1S/C10H17BN2O5/c1-6(14)9(12-7(2)15)10(16)13-5-3-4-8(13)11(17)18/h8-9,14,17-18H,1,3-5H2,2H3,(H,12,15)/t8-,9+/m0/s1. The number of aliphatic hydroxyl groups is 1. The van der Waals surface area contributed by atoms with Crippen LogP contribution in [0.1, 0.15) is 19.8 Å². The Kier molecular flexibility index (Phi) is 4.74. The molecule has 1 rings (SSSR count). The molecule has 4 N–H and O–H groups in total. The molecule has 0 radical (unpaired) electrons. The number of hydrogen-bond acceptors (Lipinski definition) is 5. The summed E-state index contributed by atoms with van der Waals surface area (Å²) >= 11 is 0. The van der Waals surface area contributed by atoms with Crippen LogP contribution in [-0.4, -0.2) is 57.5 Å². The van der Waals surface area contributed by atoms with Gasteiger partial charge in [-0.2, -0.15) is 0 Å². The quantitative estimate of drug-likeness (QED) is 0.364. The molecular weight excluding hydrogens is 239 g/mol. The van der Waals surface area contributed by atoms with E-state index in [0.717, 1.165) is 0 Å². The molecule has 1 heterocycles. The Bertz CT molecular complexity index is 360.